The number of alkyl halides is 2. The molecule has 1 N–H and O–H groups in total. The van der Waals surface area contributed by atoms with Crippen LogP contribution >= 0.6 is 0 Å². The van der Waals surface area contributed by atoms with E-state index in [9.17, 15) is 13.6 Å². The Labute approximate surface area is 162 Å². The highest BCUT2D eigenvalue weighted by atomic mass is 19.3. The monoisotopic (exact) mass is 393 g/mol. The summed E-state index contributed by atoms with van der Waals surface area (Å²) in [4.78, 5) is 18.8. The van der Waals surface area contributed by atoms with Gasteiger partial charge in [-0.15, -0.1) is 0 Å². The van der Waals surface area contributed by atoms with Crippen LogP contribution in [0.25, 0.3) is 0 Å². The van der Waals surface area contributed by atoms with E-state index < -0.39 is 6.61 Å². The molecule has 3 rings (SSSR count). The number of carbonyl (C=O) groups is 1. The van der Waals surface area contributed by atoms with E-state index in [1.54, 1.807) is 16.9 Å². The summed E-state index contributed by atoms with van der Waals surface area (Å²) in [5.74, 6) is 0.661. The van der Waals surface area contributed by atoms with Crippen molar-refractivity contribution in [2.75, 3.05) is 11.9 Å². The van der Waals surface area contributed by atoms with E-state index in [1.165, 1.54) is 12.3 Å². The summed E-state index contributed by atoms with van der Waals surface area (Å²) in [5, 5.41) is 7.47. The minimum Gasteiger partial charge on any atom is -0.433 e. The number of nitrogens with one attached hydrogen (secondary N) is 1. The van der Waals surface area contributed by atoms with Crippen molar-refractivity contribution in [1.29, 1.82) is 0 Å². The smallest absolute Gasteiger partial charge is 0.387 e. The minimum atomic E-state index is -2.88. The van der Waals surface area contributed by atoms with Crippen LogP contribution in [0.1, 0.15) is 38.8 Å². The molecule has 1 saturated heterocycles. The van der Waals surface area contributed by atoms with Gasteiger partial charge >= 0.3 is 6.61 Å². The molecule has 3 heterocycles. The van der Waals surface area contributed by atoms with Crippen LogP contribution in [0.5, 0.6) is 5.75 Å². The van der Waals surface area contributed by atoms with Crippen LogP contribution in [-0.2, 0) is 11.8 Å². The predicted octanol–water partition coefficient (Wildman–Crippen LogP) is 3.22. The van der Waals surface area contributed by atoms with E-state index in [4.69, 9.17) is 0 Å². The predicted molar refractivity (Wildman–Crippen MR) is 100 cm³/mol. The summed E-state index contributed by atoms with van der Waals surface area (Å²) in [6.45, 7) is 3.70. The Kier molecular flexibility index (Phi) is 5.53. The summed E-state index contributed by atoms with van der Waals surface area (Å²) >= 11 is 0. The van der Waals surface area contributed by atoms with Gasteiger partial charge in [-0.1, -0.05) is 0 Å². The lowest BCUT2D eigenvalue weighted by atomic mass is 9.93. The van der Waals surface area contributed by atoms with E-state index in [-0.39, 0.29) is 29.2 Å². The van der Waals surface area contributed by atoms with Crippen molar-refractivity contribution in [3.05, 3.63) is 36.3 Å². The number of hydrogen-bond acceptors (Lipinski definition) is 5. The van der Waals surface area contributed by atoms with Crippen molar-refractivity contribution in [2.45, 2.75) is 45.4 Å². The first-order valence-electron chi connectivity index (χ1n) is 9.10. The maximum absolute atomic E-state index is 12.7. The molecule has 2 aromatic heterocycles. The first-order chi connectivity index (χ1) is 13.1. The summed E-state index contributed by atoms with van der Waals surface area (Å²) in [6, 6.07) is 2.91. The van der Waals surface area contributed by atoms with Gasteiger partial charge in [-0.05, 0) is 32.9 Å². The molecule has 0 radical (unpaired) electrons. The third-order valence-electron chi connectivity index (χ3n) is 4.73. The molecular formula is C19H25F2N5O2. The molecule has 0 aromatic carbocycles. The number of aromatic nitrogens is 3. The Hall–Kier alpha value is -2.71. The number of hydrogen-bond donors (Lipinski definition) is 1. The summed E-state index contributed by atoms with van der Waals surface area (Å²) in [6.07, 6.45) is 5.39. The van der Waals surface area contributed by atoms with E-state index in [2.05, 4.69) is 20.1 Å². The van der Waals surface area contributed by atoms with Crippen LogP contribution in [0, 0.1) is 5.92 Å². The van der Waals surface area contributed by atoms with E-state index in [1.807, 2.05) is 38.9 Å². The second kappa shape index (κ2) is 7.73. The van der Waals surface area contributed by atoms with Gasteiger partial charge in [0, 0.05) is 43.2 Å². The van der Waals surface area contributed by atoms with Crippen LogP contribution in [0.2, 0.25) is 0 Å². The Balaban J connectivity index is 1.75. The number of aryl methyl sites for hydroxylation is 1. The zero-order valence-corrected chi connectivity index (χ0v) is 16.4. The zero-order valence-electron chi connectivity index (χ0n) is 16.4. The summed E-state index contributed by atoms with van der Waals surface area (Å²) < 4.78 is 30.5. The van der Waals surface area contributed by atoms with Crippen LogP contribution in [0.4, 0.5) is 14.6 Å². The molecule has 9 heteroatoms. The second-order valence-corrected chi connectivity index (χ2v) is 7.93. The number of ether oxygens (including phenoxy) is 1. The number of amides is 1. The summed E-state index contributed by atoms with van der Waals surface area (Å²) in [5.41, 5.74) is 0.669. The third kappa shape index (κ3) is 4.40. The largest absolute Gasteiger partial charge is 0.433 e. The molecule has 0 aliphatic carbocycles. The number of anilines is 1. The molecule has 28 heavy (non-hydrogen) atoms. The van der Waals surface area contributed by atoms with Crippen LogP contribution < -0.4 is 10.1 Å². The van der Waals surface area contributed by atoms with Gasteiger partial charge in [-0.3, -0.25) is 9.48 Å². The fourth-order valence-corrected chi connectivity index (χ4v) is 3.68. The fourth-order valence-electron chi connectivity index (χ4n) is 3.68. The van der Waals surface area contributed by atoms with Crippen molar-refractivity contribution >= 4 is 11.7 Å². The van der Waals surface area contributed by atoms with Crippen molar-refractivity contribution in [3.63, 3.8) is 0 Å². The Morgan fingerprint density at radius 3 is 2.61 bits per heavy atom. The standard InChI is InChI=1S/C19H25F2N5O2/c1-19(2,3)26-16(27)7-12(17(26)13-9-24-25(4)11-13)8-22-15-6-5-14(10-23-15)28-18(20)21/h5-6,9-12,17-18H,7-8H2,1-4H3,(H,22,23)/t12-,17+/m1/s1. The lowest BCUT2D eigenvalue weighted by Gasteiger charge is -2.38. The molecule has 7 nitrogen and oxygen atoms in total. The molecule has 0 unspecified atom stereocenters. The maximum atomic E-state index is 12.7. The molecule has 1 fully saturated rings. The normalized spacial score (nSPS) is 20.1. The van der Waals surface area contributed by atoms with Crippen LogP contribution in [0.15, 0.2) is 30.7 Å². The number of nitrogens with zero attached hydrogens (tertiary/aromatic N) is 4. The van der Waals surface area contributed by atoms with Crippen LogP contribution in [-0.4, -0.2) is 44.3 Å². The number of carbonyl (C=O) groups excluding carboxylic acids is 1. The Bertz CT molecular complexity index is 816. The van der Waals surface area contributed by atoms with Crippen molar-refractivity contribution in [1.82, 2.24) is 19.7 Å². The molecule has 1 amide bonds. The number of pyridine rings is 1. The van der Waals surface area contributed by atoms with E-state index in [0.717, 1.165) is 5.56 Å². The van der Waals surface area contributed by atoms with E-state index >= 15 is 0 Å². The molecular weight excluding hydrogens is 368 g/mol. The first-order valence-corrected chi connectivity index (χ1v) is 9.10. The van der Waals surface area contributed by atoms with Gasteiger partial charge < -0.3 is 15.0 Å². The highest BCUT2D eigenvalue weighted by Crippen LogP contribution is 2.42. The van der Waals surface area contributed by atoms with Gasteiger partial charge in [0.1, 0.15) is 11.6 Å². The summed E-state index contributed by atoms with van der Waals surface area (Å²) in [7, 11) is 1.85. The number of halogens is 2. The quantitative estimate of drug-likeness (QED) is 0.816. The Morgan fingerprint density at radius 1 is 1.32 bits per heavy atom. The topological polar surface area (TPSA) is 72.3 Å². The molecule has 2 aromatic rings. The SMILES string of the molecule is Cn1cc([C@@H]2[C@@H](CNc3ccc(OC(F)F)cn3)CC(=O)N2C(C)(C)C)cn1. The van der Waals surface area contributed by atoms with Crippen molar-refractivity contribution in [2.24, 2.45) is 13.0 Å². The highest BCUT2D eigenvalue weighted by molar-refractivity contribution is 5.80. The molecule has 1 aliphatic rings. The van der Waals surface area contributed by atoms with Gasteiger partial charge in [0.25, 0.3) is 0 Å². The lowest BCUT2D eigenvalue weighted by Crippen LogP contribution is -2.44. The third-order valence-corrected chi connectivity index (χ3v) is 4.73. The molecule has 2 atom stereocenters. The zero-order chi connectivity index (χ0) is 20.5. The molecule has 0 bridgehead atoms. The number of likely N-dealkylation sites (tertiary alicyclic amines) is 1. The van der Waals surface area contributed by atoms with Gasteiger partial charge in [-0.2, -0.15) is 13.9 Å². The molecule has 0 spiro atoms. The Morgan fingerprint density at radius 2 is 2.07 bits per heavy atom. The molecule has 0 saturated carbocycles. The highest BCUT2D eigenvalue weighted by Gasteiger charge is 2.45. The first kappa shape index (κ1) is 20.0. The van der Waals surface area contributed by atoms with Crippen molar-refractivity contribution < 1.29 is 18.3 Å². The van der Waals surface area contributed by atoms with E-state index in [0.29, 0.717) is 18.8 Å². The number of rotatable bonds is 6. The molecule has 152 valence electrons. The minimum absolute atomic E-state index is 0.00346. The van der Waals surface area contributed by atoms with Gasteiger partial charge in [0.2, 0.25) is 5.91 Å². The fraction of sp³-hybridized carbons (Fsp3) is 0.526. The van der Waals surface area contributed by atoms with Gasteiger partial charge in [0.05, 0.1) is 18.4 Å². The average molecular weight is 393 g/mol. The lowest BCUT2D eigenvalue weighted by molar-refractivity contribution is -0.133. The average Bonchev–Trinajstić information content (AvgIpc) is 3.16. The van der Waals surface area contributed by atoms with Crippen LogP contribution in [0.3, 0.4) is 0 Å². The van der Waals surface area contributed by atoms with Gasteiger partial charge in [0.15, 0.2) is 0 Å². The second-order valence-electron chi connectivity index (χ2n) is 7.93. The molecule has 1 aliphatic heterocycles. The van der Waals surface area contributed by atoms with Gasteiger partial charge in [-0.25, -0.2) is 4.98 Å². The maximum Gasteiger partial charge on any atom is 0.387 e. The van der Waals surface area contributed by atoms with Crippen molar-refractivity contribution in [3.8, 4) is 5.75 Å².